The van der Waals surface area contributed by atoms with Crippen molar-refractivity contribution in [3.8, 4) is 0 Å². The van der Waals surface area contributed by atoms with Crippen LogP contribution >= 0.6 is 23.2 Å². The van der Waals surface area contributed by atoms with E-state index in [1.165, 1.54) is 25.7 Å². The Balaban J connectivity index is 1.69. The van der Waals surface area contributed by atoms with Crippen molar-refractivity contribution in [2.75, 3.05) is 18.4 Å². The highest BCUT2D eigenvalue weighted by Gasteiger charge is 2.14. The Morgan fingerprint density at radius 2 is 1.85 bits per heavy atom. The number of carbonyl (C=O) groups excluding carboxylic acids is 1. The predicted octanol–water partition coefficient (Wildman–Crippen LogP) is 4.10. The molecule has 2 rings (SSSR count). The van der Waals surface area contributed by atoms with Gasteiger partial charge in [-0.15, -0.1) is 0 Å². The van der Waals surface area contributed by atoms with E-state index >= 15 is 0 Å². The average molecular weight is 315 g/mol. The summed E-state index contributed by atoms with van der Waals surface area (Å²) >= 11 is 12.0. The Hall–Kier alpha value is -0.770. The molecular formula is C15H20Cl2N2O. The first kappa shape index (κ1) is 15.6. The fourth-order valence-electron chi connectivity index (χ4n) is 2.61. The summed E-state index contributed by atoms with van der Waals surface area (Å²) in [7, 11) is 0. The smallest absolute Gasteiger partial charge is 0.238 e. The zero-order valence-electron chi connectivity index (χ0n) is 11.4. The van der Waals surface area contributed by atoms with E-state index in [1.54, 1.807) is 18.2 Å². The van der Waals surface area contributed by atoms with Crippen molar-refractivity contribution < 1.29 is 4.79 Å². The maximum absolute atomic E-state index is 11.8. The lowest BCUT2D eigenvalue weighted by Crippen LogP contribution is -2.29. The average Bonchev–Trinajstić information content (AvgIpc) is 2.92. The van der Waals surface area contributed by atoms with E-state index in [1.807, 2.05) is 0 Å². The Bertz CT molecular complexity index is 439. The number of anilines is 1. The van der Waals surface area contributed by atoms with Gasteiger partial charge in [-0.25, -0.2) is 0 Å². The number of carbonyl (C=O) groups is 1. The van der Waals surface area contributed by atoms with Gasteiger partial charge in [-0.3, -0.25) is 4.79 Å². The molecule has 0 radical (unpaired) electrons. The van der Waals surface area contributed by atoms with Crippen molar-refractivity contribution in [2.45, 2.75) is 32.1 Å². The summed E-state index contributed by atoms with van der Waals surface area (Å²) in [5.74, 6) is 0.718. The number of hydrogen-bond donors (Lipinski definition) is 2. The van der Waals surface area contributed by atoms with Gasteiger partial charge in [0.05, 0.1) is 22.3 Å². The second-order valence-electron chi connectivity index (χ2n) is 5.26. The number of para-hydroxylation sites is 1. The molecule has 1 aliphatic carbocycles. The molecule has 2 N–H and O–H groups in total. The largest absolute Gasteiger partial charge is 0.322 e. The van der Waals surface area contributed by atoms with Gasteiger partial charge in [-0.2, -0.15) is 0 Å². The van der Waals surface area contributed by atoms with Crippen LogP contribution in [0.25, 0.3) is 0 Å². The molecular weight excluding hydrogens is 295 g/mol. The fourth-order valence-corrected chi connectivity index (χ4v) is 3.10. The van der Waals surface area contributed by atoms with E-state index in [2.05, 4.69) is 10.6 Å². The van der Waals surface area contributed by atoms with Crippen LogP contribution in [0.1, 0.15) is 32.1 Å². The highest BCUT2D eigenvalue weighted by atomic mass is 35.5. The lowest BCUT2D eigenvalue weighted by atomic mass is 10.0. The first-order chi connectivity index (χ1) is 9.66. The van der Waals surface area contributed by atoms with E-state index in [9.17, 15) is 4.79 Å². The maximum Gasteiger partial charge on any atom is 0.238 e. The number of amides is 1. The first-order valence-corrected chi connectivity index (χ1v) is 7.87. The Kier molecular flexibility index (Phi) is 6.14. The number of hydrogen-bond acceptors (Lipinski definition) is 2. The predicted molar refractivity (Wildman–Crippen MR) is 84.5 cm³/mol. The summed E-state index contributed by atoms with van der Waals surface area (Å²) in [6, 6.07) is 5.16. The molecule has 20 heavy (non-hydrogen) atoms. The highest BCUT2D eigenvalue weighted by Crippen LogP contribution is 2.29. The molecule has 0 heterocycles. The summed E-state index contributed by atoms with van der Waals surface area (Å²) in [4.78, 5) is 11.8. The molecule has 0 aliphatic heterocycles. The van der Waals surface area contributed by atoms with Crippen LogP contribution in [0, 0.1) is 5.92 Å². The number of rotatable bonds is 6. The third kappa shape index (κ3) is 4.65. The summed E-state index contributed by atoms with van der Waals surface area (Å²) in [6.07, 6.45) is 6.54. The lowest BCUT2D eigenvalue weighted by Gasteiger charge is -2.11. The van der Waals surface area contributed by atoms with Crippen molar-refractivity contribution in [1.29, 1.82) is 0 Å². The normalized spacial score (nSPS) is 15.5. The Morgan fingerprint density at radius 1 is 1.20 bits per heavy atom. The fraction of sp³-hybridized carbons (Fsp3) is 0.533. The van der Waals surface area contributed by atoms with Gasteiger partial charge >= 0.3 is 0 Å². The van der Waals surface area contributed by atoms with E-state index in [0.29, 0.717) is 15.7 Å². The van der Waals surface area contributed by atoms with E-state index in [4.69, 9.17) is 23.2 Å². The Labute approximate surface area is 130 Å². The summed E-state index contributed by atoms with van der Waals surface area (Å²) in [6.45, 7) is 1.17. The van der Waals surface area contributed by atoms with Crippen molar-refractivity contribution in [3.63, 3.8) is 0 Å². The van der Waals surface area contributed by atoms with Crippen LogP contribution < -0.4 is 10.6 Å². The van der Waals surface area contributed by atoms with Crippen molar-refractivity contribution in [1.82, 2.24) is 5.32 Å². The molecule has 1 aromatic rings. The molecule has 1 amide bonds. The SMILES string of the molecule is O=C(CNCCC1CCCC1)Nc1c(Cl)cccc1Cl. The quantitative estimate of drug-likeness (QED) is 0.776. The van der Waals surface area contributed by atoms with Crippen molar-refractivity contribution in [2.24, 2.45) is 5.92 Å². The third-order valence-electron chi connectivity index (χ3n) is 3.72. The van der Waals surface area contributed by atoms with E-state index in [0.717, 1.165) is 18.9 Å². The molecule has 0 aromatic heterocycles. The molecule has 1 aromatic carbocycles. The third-order valence-corrected chi connectivity index (χ3v) is 4.35. The minimum Gasteiger partial charge on any atom is -0.322 e. The number of halogens is 2. The zero-order chi connectivity index (χ0) is 14.4. The topological polar surface area (TPSA) is 41.1 Å². The molecule has 0 unspecified atom stereocenters. The molecule has 110 valence electrons. The number of benzene rings is 1. The maximum atomic E-state index is 11.8. The van der Waals surface area contributed by atoms with Gasteiger partial charge in [0, 0.05) is 0 Å². The molecule has 0 spiro atoms. The van der Waals surface area contributed by atoms with Crippen LogP contribution in [0.15, 0.2) is 18.2 Å². The van der Waals surface area contributed by atoms with Crippen LogP contribution in [-0.4, -0.2) is 19.0 Å². The van der Waals surface area contributed by atoms with Gasteiger partial charge in [0.15, 0.2) is 0 Å². The molecule has 1 aliphatic rings. The molecule has 0 bridgehead atoms. The van der Waals surface area contributed by atoms with Gasteiger partial charge in [0.2, 0.25) is 5.91 Å². The van der Waals surface area contributed by atoms with Gasteiger partial charge < -0.3 is 10.6 Å². The van der Waals surface area contributed by atoms with Crippen LogP contribution in [-0.2, 0) is 4.79 Å². The number of nitrogens with one attached hydrogen (secondary N) is 2. The molecule has 3 nitrogen and oxygen atoms in total. The summed E-state index contributed by atoms with van der Waals surface area (Å²) in [5.41, 5.74) is 0.485. The minimum absolute atomic E-state index is 0.119. The highest BCUT2D eigenvalue weighted by molar-refractivity contribution is 6.39. The lowest BCUT2D eigenvalue weighted by molar-refractivity contribution is -0.115. The van der Waals surface area contributed by atoms with Crippen molar-refractivity contribution >= 4 is 34.8 Å². The summed E-state index contributed by atoms with van der Waals surface area (Å²) in [5, 5.41) is 6.83. The van der Waals surface area contributed by atoms with Gasteiger partial charge in [-0.05, 0) is 31.0 Å². The second-order valence-corrected chi connectivity index (χ2v) is 6.08. The van der Waals surface area contributed by atoms with Crippen molar-refractivity contribution in [3.05, 3.63) is 28.2 Å². The molecule has 1 fully saturated rings. The molecule has 0 saturated heterocycles. The summed E-state index contributed by atoms with van der Waals surface area (Å²) < 4.78 is 0. The molecule has 0 atom stereocenters. The zero-order valence-corrected chi connectivity index (χ0v) is 12.9. The first-order valence-electron chi connectivity index (χ1n) is 7.11. The van der Waals surface area contributed by atoms with Crippen LogP contribution in [0.4, 0.5) is 5.69 Å². The van der Waals surface area contributed by atoms with Gasteiger partial charge in [-0.1, -0.05) is 55.0 Å². The minimum atomic E-state index is -0.119. The molecule has 1 saturated carbocycles. The second kappa shape index (κ2) is 7.87. The standard InChI is InChI=1S/C15H20Cl2N2O/c16-12-6-3-7-13(17)15(12)19-14(20)10-18-9-8-11-4-1-2-5-11/h3,6-7,11,18H,1-2,4-5,8-10H2,(H,19,20). The monoisotopic (exact) mass is 314 g/mol. The van der Waals surface area contributed by atoms with Crippen LogP contribution in [0.2, 0.25) is 10.0 Å². The van der Waals surface area contributed by atoms with Gasteiger partial charge in [0.25, 0.3) is 0 Å². The molecule has 5 heteroatoms. The Morgan fingerprint density at radius 3 is 2.50 bits per heavy atom. The van der Waals surface area contributed by atoms with Crippen LogP contribution in [0.3, 0.4) is 0 Å². The van der Waals surface area contributed by atoms with E-state index < -0.39 is 0 Å². The van der Waals surface area contributed by atoms with E-state index in [-0.39, 0.29) is 12.5 Å². The van der Waals surface area contributed by atoms with Crippen LogP contribution in [0.5, 0.6) is 0 Å². The van der Waals surface area contributed by atoms with Gasteiger partial charge in [0.1, 0.15) is 0 Å².